The first kappa shape index (κ1) is 15.7. The van der Waals surface area contributed by atoms with Gasteiger partial charge in [-0.2, -0.15) is 0 Å². The number of nitrogens with zero attached hydrogens (tertiary/aromatic N) is 2. The fourth-order valence-corrected chi connectivity index (χ4v) is 2.36. The Bertz CT molecular complexity index is 823. The van der Waals surface area contributed by atoms with Gasteiger partial charge in [-0.05, 0) is 37.1 Å². The summed E-state index contributed by atoms with van der Waals surface area (Å²) >= 11 is 0. The summed E-state index contributed by atoms with van der Waals surface area (Å²) in [6.07, 6.45) is 3.39. The SMILES string of the molecule is Cc1cccc(C)c1OCC(=O)Nc1nc(-c2ccccn2)c[nH]1. The van der Waals surface area contributed by atoms with Gasteiger partial charge in [-0.15, -0.1) is 0 Å². The van der Waals surface area contributed by atoms with Gasteiger partial charge in [0.15, 0.2) is 6.61 Å². The Kier molecular flexibility index (Phi) is 4.56. The summed E-state index contributed by atoms with van der Waals surface area (Å²) in [6.45, 7) is 3.82. The van der Waals surface area contributed by atoms with Crippen LogP contribution < -0.4 is 10.1 Å². The highest BCUT2D eigenvalue weighted by molar-refractivity contribution is 5.90. The molecule has 0 bridgehead atoms. The molecule has 3 rings (SSSR count). The molecule has 0 saturated heterocycles. The Morgan fingerprint density at radius 3 is 2.62 bits per heavy atom. The number of imidazole rings is 1. The maximum absolute atomic E-state index is 12.0. The summed E-state index contributed by atoms with van der Waals surface area (Å²) in [5, 5.41) is 2.68. The molecule has 0 aliphatic heterocycles. The van der Waals surface area contributed by atoms with Crippen molar-refractivity contribution in [3.63, 3.8) is 0 Å². The number of hydrogen-bond donors (Lipinski definition) is 2. The molecule has 0 saturated carbocycles. The second kappa shape index (κ2) is 6.95. The summed E-state index contributed by atoms with van der Waals surface area (Å²) in [6, 6.07) is 11.4. The van der Waals surface area contributed by atoms with Gasteiger partial charge in [-0.1, -0.05) is 24.3 Å². The number of anilines is 1. The molecule has 2 aromatic heterocycles. The van der Waals surface area contributed by atoms with Crippen molar-refractivity contribution in [3.05, 3.63) is 59.9 Å². The van der Waals surface area contributed by atoms with Crippen molar-refractivity contribution in [3.8, 4) is 17.1 Å². The van der Waals surface area contributed by atoms with Gasteiger partial charge >= 0.3 is 0 Å². The minimum Gasteiger partial charge on any atom is -0.483 e. The van der Waals surface area contributed by atoms with Gasteiger partial charge in [0.1, 0.15) is 11.4 Å². The summed E-state index contributed by atoms with van der Waals surface area (Å²) < 4.78 is 5.63. The molecule has 0 atom stereocenters. The van der Waals surface area contributed by atoms with Crippen LogP contribution in [0.15, 0.2) is 48.8 Å². The summed E-state index contributed by atoms with van der Waals surface area (Å²) in [4.78, 5) is 23.5. The number of benzene rings is 1. The molecular formula is C18H18N4O2. The Morgan fingerprint density at radius 1 is 1.12 bits per heavy atom. The number of ether oxygens (including phenoxy) is 1. The van der Waals surface area contributed by atoms with Crippen molar-refractivity contribution in [1.29, 1.82) is 0 Å². The monoisotopic (exact) mass is 322 g/mol. The van der Waals surface area contributed by atoms with Gasteiger partial charge in [0.05, 0.1) is 5.69 Å². The molecule has 2 N–H and O–H groups in total. The van der Waals surface area contributed by atoms with Gasteiger partial charge in [0, 0.05) is 12.4 Å². The van der Waals surface area contributed by atoms with Crippen molar-refractivity contribution in [2.24, 2.45) is 0 Å². The van der Waals surface area contributed by atoms with E-state index in [0.29, 0.717) is 11.6 Å². The van der Waals surface area contributed by atoms with E-state index in [4.69, 9.17) is 4.74 Å². The molecule has 1 amide bonds. The maximum Gasteiger partial charge on any atom is 0.264 e. The third-order valence-electron chi connectivity index (χ3n) is 3.52. The molecule has 6 heteroatoms. The molecule has 1 aromatic carbocycles. The number of amides is 1. The summed E-state index contributed by atoms with van der Waals surface area (Å²) in [5.41, 5.74) is 3.40. The lowest BCUT2D eigenvalue weighted by molar-refractivity contribution is -0.118. The molecule has 0 unspecified atom stereocenters. The van der Waals surface area contributed by atoms with Crippen LogP contribution in [0.25, 0.3) is 11.4 Å². The number of H-pyrrole nitrogens is 1. The van der Waals surface area contributed by atoms with Crippen LogP contribution in [0, 0.1) is 13.8 Å². The van der Waals surface area contributed by atoms with Crippen LogP contribution in [0.4, 0.5) is 5.95 Å². The highest BCUT2D eigenvalue weighted by atomic mass is 16.5. The molecule has 122 valence electrons. The molecule has 0 aliphatic carbocycles. The summed E-state index contributed by atoms with van der Waals surface area (Å²) in [5.74, 6) is 0.826. The number of pyridine rings is 1. The van der Waals surface area contributed by atoms with E-state index in [2.05, 4.69) is 20.3 Å². The maximum atomic E-state index is 12.0. The Hall–Kier alpha value is -3.15. The molecule has 24 heavy (non-hydrogen) atoms. The van der Waals surface area contributed by atoms with Crippen molar-refractivity contribution in [2.75, 3.05) is 11.9 Å². The highest BCUT2D eigenvalue weighted by Gasteiger charge is 2.10. The third-order valence-corrected chi connectivity index (χ3v) is 3.52. The van der Waals surface area contributed by atoms with E-state index in [9.17, 15) is 4.79 Å². The zero-order valence-electron chi connectivity index (χ0n) is 13.5. The summed E-state index contributed by atoms with van der Waals surface area (Å²) in [7, 11) is 0. The molecule has 0 radical (unpaired) electrons. The fourth-order valence-electron chi connectivity index (χ4n) is 2.36. The number of nitrogens with one attached hydrogen (secondary N) is 2. The number of carbonyl (C=O) groups excluding carboxylic acids is 1. The zero-order chi connectivity index (χ0) is 16.9. The van der Waals surface area contributed by atoms with Crippen molar-refractivity contribution in [2.45, 2.75) is 13.8 Å². The molecular weight excluding hydrogens is 304 g/mol. The first-order valence-electron chi connectivity index (χ1n) is 7.59. The molecule has 0 fully saturated rings. The van der Waals surface area contributed by atoms with E-state index in [-0.39, 0.29) is 12.5 Å². The normalized spacial score (nSPS) is 10.4. The van der Waals surface area contributed by atoms with E-state index >= 15 is 0 Å². The average molecular weight is 322 g/mol. The largest absolute Gasteiger partial charge is 0.483 e. The number of hydrogen-bond acceptors (Lipinski definition) is 4. The first-order valence-corrected chi connectivity index (χ1v) is 7.59. The standard InChI is InChI=1S/C18H18N4O2/c1-12-6-5-7-13(2)17(12)24-11-16(23)22-18-20-10-15(21-18)14-8-3-4-9-19-14/h3-10H,11H2,1-2H3,(H2,20,21,22,23). The molecule has 0 spiro atoms. The van der Waals surface area contributed by atoms with Crippen LogP contribution in [-0.2, 0) is 4.79 Å². The van der Waals surface area contributed by atoms with Crippen LogP contribution >= 0.6 is 0 Å². The Balaban J connectivity index is 1.61. The van der Waals surface area contributed by atoms with Crippen LogP contribution in [0.5, 0.6) is 5.75 Å². The van der Waals surface area contributed by atoms with Crippen molar-refractivity contribution < 1.29 is 9.53 Å². The van der Waals surface area contributed by atoms with Gasteiger partial charge in [0.25, 0.3) is 5.91 Å². The first-order chi connectivity index (χ1) is 11.6. The second-order valence-electron chi connectivity index (χ2n) is 5.41. The van der Waals surface area contributed by atoms with Crippen LogP contribution in [-0.4, -0.2) is 27.5 Å². The molecule has 2 heterocycles. The van der Waals surface area contributed by atoms with Crippen LogP contribution in [0.2, 0.25) is 0 Å². The third kappa shape index (κ3) is 3.60. The number of aromatic nitrogens is 3. The van der Waals surface area contributed by atoms with Crippen molar-refractivity contribution >= 4 is 11.9 Å². The Morgan fingerprint density at radius 2 is 1.92 bits per heavy atom. The van der Waals surface area contributed by atoms with Gasteiger partial charge in [0.2, 0.25) is 5.95 Å². The van der Waals surface area contributed by atoms with Crippen LogP contribution in [0.1, 0.15) is 11.1 Å². The highest BCUT2D eigenvalue weighted by Crippen LogP contribution is 2.22. The molecule has 3 aromatic rings. The number of rotatable bonds is 5. The zero-order valence-corrected chi connectivity index (χ0v) is 13.5. The minimum absolute atomic E-state index is 0.0781. The quantitative estimate of drug-likeness (QED) is 0.756. The number of aryl methyl sites for hydroxylation is 2. The molecule has 0 aliphatic rings. The van der Waals surface area contributed by atoms with E-state index in [1.165, 1.54) is 0 Å². The van der Waals surface area contributed by atoms with Gasteiger partial charge in [-0.25, -0.2) is 4.98 Å². The average Bonchev–Trinajstić information content (AvgIpc) is 3.03. The van der Waals surface area contributed by atoms with E-state index in [0.717, 1.165) is 22.6 Å². The van der Waals surface area contributed by atoms with Crippen LogP contribution in [0.3, 0.4) is 0 Å². The Labute approximate surface area is 139 Å². The lowest BCUT2D eigenvalue weighted by atomic mass is 10.1. The smallest absolute Gasteiger partial charge is 0.264 e. The molecule has 6 nitrogen and oxygen atoms in total. The lowest BCUT2D eigenvalue weighted by Gasteiger charge is -2.11. The van der Waals surface area contributed by atoms with Crippen molar-refractivity contribution in [1.82, 2.24) is 15.0 Å². The van der Waals surface area contributed by atoms with Gasteiger partial charge in [-0.3, -0.25) is 15.1 Å². The minimum atomic E-state index is -0.278. The fraction of sp³-hybridized carbons (Fsp3) is 0.167. The number of carbonyl (C=O) groups is 1. The van der Waals surface area contributed by atoms with E-state index < -0.39 is 0 Å². The van der Waals surface area contributed by atoms with E-state index in [1.54, 1.807) is 12.4 Å². The number of aromatic amines is 1. The van der Waals surface area contributed by atoms with E-state index in [1.807, 2.05) is 50.2 Å². The topological polar surface area (TPSA) is 79.9 Å². The van der Waals surface area contributed by atoms with Gasteiger partial charge < -0.3 is 9.72 Å². The predicted octanol–water partition coefficient (Wildman–Crippen LogP) is 3.11. The second-order valence-corrected chi connectivity index (χ2v) is 5.41. The lowest BCUT2D eigenvalue weighted by Crippen LogP contribution is -2.21. The predicted molar refractivity (Wildman–Crippen MR) is 91.9 cm³/mol. The number of para-hydroxylation sites is 1.